The van der Waals surface area contributed by atoms with E-state index < -0.39 is 6.23 Å². The molecule has 0 aromatic heterocycles. The van der Waals surface area contributed by atoms with Crippen molar-refractivity contribution in [1.82, 2.24) is 4.90 Å². The van der Waals surface area contributed by atoms with Crippen LogP contribution >= 0.6 is 0 Å². The number of phenols is 2. The molecule has 3 aromatic rings. The van der Waals surface area contributed by atoms with Crippen molar-refractivity contribution in [2.45, 2.75) is 76.9 Å². The predicted octanol–water partition coefficient (Wildman–Crippen LogP) is 7.97. The van der Waals surface area contributed by atoms with Crippen molar-refractivity contribution in [1.29, 1.82) is 0 Å². The van der Waals surface area contributed by atoms with Gasteiger partial charge in [0.2, 0.25) is 0 Å². The van der Waals surface area contributed by atoms with Crippen LogP contribution < -0.4 is 0 Å². The fourth-order valence-electron chi connectivity index (χ4n) is 6.50. The number of hydrogen-bond donors (Lipinski definition) is 3. The Balaban J connectivity index is 0.000000584. The van der Waals surface area contributed by atoms with Gasteiger partial charge in [0.25, 0.3) is 5.91 Å². The van der Waals surface area contributed by atoms with E-state index in [1.54, 1.807) is 35.2 Å². The SMILES string of the molecule is C1CCCC1.O=C1c2ccccc2C(O)N1CCCC(=C(c1ccc(O)cc1)c1ccc(O)cc1)C1CCCC1.[Fe]. The number of fused-ring (bicyclic) bond motifs is 1. The average Bonchev–Trinajstić information content (AvgIpc) is 3.76. The van der Waals surface area contributed by atoms with Gasteiger partial charge >= 0.3 is 0 Å². The van der Waals surface area contributed by atoms with Crippen molar-refractivity contribution < 1.29 is 37.2 Å². The molecule has 1 aliphatic heterocycles. The van der Waals surface area contributed by atoms with Gasteiger partial charge < -0.3 is 20.2 Å². The zero-order valence-electron chi connectivity index (χ0n) is 23.6. The van der Waals surface area contributed by atoms with Crippen LogP contribution in [-0.2, 0) is 17.1 Å². The van der Waals surface area contributed by atoms with Gasteiger partial charge in [-0.3, -0.25) is 4.79 Å². The first-order valence-electron chi connectivity index (χ1n) is 14.9. The summed E-state index contributed by atoms with van der Waals surface area (Å²) in [5.74, 6) is 0.783. The van der Waals surface area contributed by atoms with Gasteiger partial charge in [-0.1, -0.05) is 93.0 Å². The number of amides is 1. The van der Waals surface area contributed by atoms with Crippen LogP contribution in [0.3, 0.4) is 0 Å². The molecule has 3 N–H and O–H groups in total. The van der Waals surface area contributed by atoms with Crippen molar-refractivity contribution >= 4 is 11.5 Å². The molecule has 1 amide bonds. The van der Waals surface area contributed by atoms with E-state index >= 15 is 0 Å². The van der Waals surface area contributed by atoms with Crippen LogP contribution in [0.4, 0.5) is 0 Å². The summed E-state index contributed by atoms with van der Waals surface area (Å²) in [5, 5.41) is 30.5. The van der Waals surface area contributed by atoms with Crippen molar-refractivity contribution in [3.05, 3.63) is 101 Å². The van der Waals surface area contributed by atoms with Crippen LogP contribution in [0, 0.1) is 5.92 Å². The van der Waals surface area contributed by atoms with Crippen LogP contribution in [0.1, 0.15) is 104 Å². The summed E-state index contributed by atoms with van der Waals surface area (Å²) in [6, 6.07) is 21.9. The molecule has 2 aliphatic carbocycles. The van der Waals surface area contributed by atoms with Gasteiger partial charge in [0.05, 0.1) is 0 Å². The van der Waals surface area contributed by atoms with Crippen LogP contribution in [0.5, 0.6) is 11.5 Å². The number of aliphatic hydroxyl groups is 1. The monoisotopic (exact) mass is 595 g/mol. The standard InChI is InChI=1S/C30H31NO4.C5H10.Fe/c32-23-15-11-21(12-16-23)28(22-13-17-24(33)18-14-22)25(20-6-1-2-7-20)10-5-19-31-29(34)26-8-3-4-9-27(26)30(31)35;1-2-4-5-3-1;/h3-4,8-9,11-18,20,29,32-34H,1-2,5-7,10,19H2;1-5H2;. The predicted molar refractivity (Wildman–Crippen MR) is 159 cm³/mol. The molecule has 1 atom stereocenters. The van der Waals surface area contributed by atoms with Gasteiger partial charge in [-0.2, -0.15) is 0 Å². The van der Waals surface area contributed by atoms with Crippen LogP contribution in [-0.4, -0.2) is 32.7 Å². The minimum atomic E-state index is -0.897. The largest absolute Gasteiger partial charge is 0.508 e. The summed E-state index contributed by atoms with van der Waals surface area (Å²) in [6.45, 7) is 0.476. The summed E-state index contributed by atoms with van der Waals surface area (Å²) in [5.41, 5.74) is 5.80. The molecule has 1 heterocycles. The molecule has 2 fully saturated rings. The Bertz CT molecular complexity index is 1250. The van der Waals surface area contributed by atoms with Crippen LogP contribution in [0.15, 0.2) is 78.4 Å². The van der Waals surface area contributed by atoms with E-state index in [2.05, 4.69) is 0 Å². The van der Waals surface area contributed by atoms with E-state index in [0.717, 1.165) is 42.4 Å². The molecule has 2 saturated carbocycles. The van der Waals surface area contributed by atoms with Gasteiger partial charge in [-0.15, -0.1) is 0 Å². The number of allylic oxidation sites excluding steroid dienone is 1. The minimum absolute atomic E-state index is 0. The second-order valence-corrected chi connectivity index (χ2v) is 11.3. The Labute approximate surface area is 254 Å². The topological polar surface area (TPSA) is 81.0 Å². The number of rotatable bonds is 7. The van der Waals surface area contributed by atoms with E-state index in [0.29, 0.717) is 23.6 Å². The molecule has 0 spiro atoms. The Morgan fingerprint density at radius 2 is 1.24 bits per heavy atom. The Morgan fingerprint density at radius 3 is 1.76 bits per heavy atom. The molecular weight excluding hydrogens is 554 g/mol. The van der Waals surface area contributed by atoms with Gasteiger partial charge in [-0.25, -0.2) is 0 Å². The number of carbonyl (C=O) groups excluding carboxylic acids is 1. The second-order valence-electron chi connectivity index (χ2n) is 11.3. The Morgan fingerprint density at radius 1 is 0.732 bits per heavy atom. The minimum Gasteiger partial charge on any atom is -0.508 e. The maximum Gasteiger partial charge on any atom is 0.256 e. The Hall–Kier alpha value is -3.05. The van der Waals surface area contributed by atoms with Gasteiger partial charge in [0.15, 0.2) is 6.23 Å². The fourth-order valence-corrected chi connectivity index (χ4v) is 6.50. The molecule has 0 saturated heterocycles. The molecule has 6 rings (SSSR count). The molecule has 1 unspecified atom stereocenters. The first kappa shape index (κ1) is 30.9. The van der Waals surface area contributed by atoms with Crippen molar-refractivity contribution in [2.24, 2.45) is 5.92 Å². The van der Waals surface area contributed by atoms with Gasteiger partial charge in [0.1, 0.15) is 11.5 Å². The number of carbonyl (C=O) groups is 1. The van der Waals surface area contributed by atoms with Gasteiger partial charge in [-0.05, 0) is 78.6 Å². The van der Waals surface area contributed by atoms with Crippen LogP contribution in [0.25, 0.3) is 5.57 Å². The zero-order chi connectivity index (χ0) is 27.9. The molecule has 218 valence electrons. The van der Waals surface area contributed by atoms with Crippen LogP contribution in [0.2, 0.25) is 0 Å². The summed E-state index contributed by atoms with van der Waals surface area (Å²) in [7, 11) is 0. The number of aromatic hydroxyl groups is 2. The van der Waals surface area contributed by atoms with Crippen molar-refractivity contribution in [3.63, 3.8) is 0 Å². The molecule has 0 bridgehead atoms. The second kappa shape index (κ2) is 14.7. The molecule has 3 aromatic carbocycles. The fraction of sp³-hybridized carbons (Fsp3) is 0.400. The Kier molecular flexibility index (Phi) is 11.1. The molecule has 6 heteroatoms. The summed E-state index contributed by atoms with van der Waals surface area (Å²) in [6.07, 6.45) is 12.8. The van der Waals surface area contributed by atoms with Crippen molar-refractivity contribution in [3.8, 4) is 11.5 Å². The molecule has 5 nitrogen and oxygen atoms in total. The number of aliphatic hydroxyl groups excluding tert-OH is 1. The summed E-state index contributed by atoms with van der Waals surface area (Å²) in [4.78, 5) is 14.5. The number of nitrogens with zero attached hydrogens (tertiary/aromatic N) is 1. The third kappa shape index (κ3) is 7.43. The smallest absolute Gasteiger partial charge is 0.256 e. The molecule has 3 aliphatic rings. The third-order valence-electron chi connectivity index (χ3n) is 8.60. The summed E-state index contributed by atoms with van der Waals surface area (Å²) >= 11 is 0. The van der Waals surface area contributed by atoms with E-state index in [4.69, 9.17) is 0 Å². The van der Waals surface area contributed by atoms with Gasteiger partial charge in [0, 0.05) is 34.7 Å². The maximum atomic E-state index is 12.9. The molecule has 41 heavy (non-hydrogen) atoms. The maximum absolute atomic E-state index is 12.9. The average molecular weight is 596 g/mol. The van der Waals surface area contributed by atoms with E-state index in [1.807, 2.05) is 42.5 Å². The quantitative estimate of drug-likeness (QED) is 0.242. The molecular formula is C35H41FeNO4. The normalized spacial score (nSPS) is 17.9. The first-order valence-corrected chi connectivity index (χ1v) is 14.9. The number of phenolic OH excluding ortho intramolecular Hbond substituents is 2. The van der Waals surface area contributed by atoms with E-state index in [1.165, 1.54) is 50.5 Å². The van der Waals surface area contributed by atoms with Crippen molar-refractivity contribution in [2.75, 3.05) is 6.54 Å². The summed E-state index contributed by atoms with van der Waals surface area (Å²) < 4.78 is 0. The third-order valence-corrected chi connectivity index (χ3v) is 8.60. The van der Waals surface area contributed by atoms with E-state index in [-0.39, 0.29) is 34.5 Å². The molecule has 0 radical (unpaired) electrons. The number of hydrogen-bond acceptors (Lipinski definition) is 4. The first-order chi connectivity index (χ1) is 19.5. The number of benzene rings is 3. The zero-order valence-corrected chi connectivity index (χ0v) is 24.7. The van der Waals surface area contributed by atoms with E-state index in [9.17, 15) is 20.1 Å².